The van der Waals surface area contributed by atoms with E-state index in [2.05, 4.69) is 19.9 Å². The molecule has 2 aromatic rings. The van der Waals surface area contributed by atoms with Gasteiger partial charge in [-0.3, -0.25) is 4.90 Å². The Morgan fingerprint density at radius 2 is 1.69 bits per heavy atom. The average molecular weight is 471 g/mol. The second kappa shape index (κ2) is 8.77. The SMILES string of the molecule is OCCN1CCN(c2nc(-c3cccc(C(F)(F)F)c3)nc(C(Cl)(Cl)Cl)n2)CC1. The number of benzene rings is 1. The summed E-state index contributed by atoms with van der Waals surface area (Å²) < 4.78 is 37.3. The first-order chi connectivity index (χ1) is 13.6. The van der Waals surface area contributed by atoms with E-state index >= 15 is 0 Å². The normalized spacial score (nSPS) is 16.3. The highest BCUT2D eigenvalue weighted by atomic mass is 35.6. The molecule has 0 unspecified atom stereocenters. The molecule has 0 amide bonds. The van der Waals surface area contributed by atoms with Gasteiger partial charge in [0.05, 0.1) is 12.2 Å². The van der Waals surface area contributed by atoms with Crippen LogP contribution in [0.4, 0.5) is 19.1 Å². The number of rotatable bonds is 4. The van der Waals surface area contributed by atoms with E-state index in [0.29, 0.717) is 32.7 Å². The summed E-state index contributed by atoms with van der Waals surface area (Å²) in [4.78, 5) is 16.5. The Kier molecular flexibility index (Phi) is 6.74. The van der Waals surface area contributed by atoms with Crippen molar-refractivity contribution in [3.8, 4) is 11.4 Å². The number of aromatic nitrogens is 3. The molecule has 1 N–H and O–H groups in total. The van der Waals surface area contributed by atoms with Gasteiger partial charge in [0.2, 0.25) is 9.74 Å². The standard InChI is InChI=1S/C17H17Cl3F3N5O/c18-16(19,20)14-24-13(11-2-1-3-12(10-11)17(21,22)23)25-15(26-14)28-6-4-27(5-7-28)8-9-29/h1-3,10,29H,4-9H2. The minimum absolute atomic E-state index is 0.0137. The molecule has 1 saturated heterocycles. The van der Waals surface area contributed by atoms with E-state index < -0.39 is 15.5 Å². The van der Waals surface area contributed by atoms with Crippen LogP contribution < -0.4 is 4.90 Å². The molecule has 1 fully saturated rings. The Bertz CT molecular complexity index is 855. The third-order valence-electron chi connectivity index (χ3n) is 4.40. The lowest BCUT2D eigenvalue weighted by atomic mass is 10.1. The van der Waals surface area contributed by atoms with Crippen LogP contribution in [0.1, 0.15) is 11.4 Å². The Balaban J connectivity index is 1.98. The lowest BCUT2D eigenvalue weighted by molar-refractivity contribution is -0.137. The lowest BCUT2D eigenvalue weighted by Gasteiger charge is -2.34. The average Bonchev–Trinajstić information content (AvgIpc) is 2.67. The maximum absolute atomic E-state index is 13.1. The summed E-state index contributed by atoms with van der Waals surface area (Å²) in [6, 6.07) is 4.63. The van der Waals surface area contributed by atoms with E-state index in [1.807, 2.05) is 4.90 Å². The molecular weight excluding hydrogens is 454 g/mol. The highest BCUT2D eigenvalue weighted by Gasteiger charge is 2.32. The third kappa shape index (κ3) is 5.61. The summed E-state index contributed by atoms with van der Waals surface area (Å²) in [5.41, 5.74) is -0.692. The van der Waals surface area contributed by atoms with Crippen molar-refractivity contribution in [3.05, 3.63) is 35.7 Å². The quantitative estimate of drug-likeness (QED) is 0.690. The fraction of sp³-hybridized carbons (Fsp3) is 0.471. The van der Waals surface area contributed by atoms with Crippen LogP contribution in [0.25, 0.3) is 11.4 Å². The third-order valence-corrected chi connectivity index (χ3v) is 4.90. The van der Waals surface area contributed by atoms with Crippen LogP contribution in [-0.2, 0) is 9.97 Å². The predicted octanol–water partition coefficient (Wildman–Crippen LogP) is 3.50. The van der Waals surface area contributed by atoms with Crippen LogP contribution >= 0.6 is 34.8 Å². The van der Waals surface area contributed by atoms with Crippen LogP contribution in [0.3, 0.4) is 0 Å². The molecule has 0 saturated carbocycles. The monoisotopic (exact) mass is 469 g/mol. The fourth-order valence-corrected chi connectivity index (χ4v) is 3.16. The van der Waals surface area contributed by atoms with E-state index in [1.54, 1.807) is 0 Å². The minimum Gasteiger partial charge on any atom is -0.395 e. The van der Waals surface area contributed by atoms with Crippen molar-refractivity contribution in [2.45, 2.75) is 9.97 Å². The summed E-state index contributed by atoms with van der Waals surface area (Å²) >= 11 is 17.8. The maximum atomic E-state index is 13.1. The van der Waals surface area contributed by atoms with Gasteiger partial charge < -0.3 is 10.0 Å². The Morgan fingerprint density at radius 3 is 2.28 bits per heavy atom. The molecule has 158 valence electrons. The number of hydrogen-bond donors (Lipinski definition) is 1. The highest BCUT2D eigenvalue weighted by Crippen LogP contribution is 2.38. The van der Waals surface area contributed by atoms with Gasteiger partial charge in [-0.05, 0) is 12.1 Å². The number of aliphatic hydroxyl groups is 1. The molecule has 0 radical (unpaired) electrons. The van der Waals surface area contributed by atoms with Crippen molar-refractivity contribution in [1.82, 2.24) is 19.9 Å². The van der Waals surface area contributed by atoms with Crippen LogP contribution in [0.15, 0.2) is 24.3 Å². The molecule has 6 nitrogen and oxygen atoms in total. The number of anilines is 1. The predicted molar refractivity (Wildman–Crippen MR) is 105 cm³/mol. The van der Waals surface area contributed by atoms with Crippen LogP contribution in [0.2, 0.25) is 0 Å². The molecule has 0 atom stereocenters. The summed E-state index contributed by atoms with van der Waals surface area (Å²) in [5, 5.41) is 9.06. The fourth-order valence-electron chi connectivity index (χ4n) is 2.91. The second-order valence-electron chi connectivity index (χ2n) is 6.41. The van der Waals surface area contributed by atoms with Gasteiger partial charge in [0.25, 0.3) is 0 Å². The Morgan fingerprint density at radius 1 is 1.00 bits per heavy atom. The summed E-state index contributed by atoms with van der Waals surface area (Å²) in [5.74, 6) is 0.0373. The molecule has 3 rings (SSSR count). The highest BCUT2D eigenvalue weighted by molar-refractivity contribution is 6.66. The van der Waals surface area contributed by atoms with Crippen LogP contribution in [-0.4, -0.2) is 64.3 Å². The van der Waals surface area contributed by atoms with Gasteiger partial charge in [-0.2, -0.15) is 23.1 Å². The smallest absolute Gasteiger partial charge is 0.395 e. The molecule has 1 aromatic carbocycles. The van der Waals surface area contributed by atoms with E-state index in [1.165, 1.54) is 12.1 Å². The number of β-amino-alcohol motifs (C(OH)–C–C–N with tert-alkyl or cyclic N) is 1. The zero-order chi connectivity index (χ0) is 21.2. The molecule has 1 aliphatic rings. The van der Waals surface area contributed by atoms with Gasteiger partial charge in [0, 0.05) is 38.3 Å². The number of nitrogens with zero attached hydrogens (tertiary/aromatic N) is 5. The van der Waals surface area contributed by atoms with Gasteiger partial charge in [-0.1, -0.05) is 46.9 Å². The zero-order valence-corrected chi connectivity index (χ0v) is 17.3. The van der Waals surface area contributed by atoms with Crippen LogP contribution in [0, 0.1) is 0 Å². The first kappa shape index (κ1) is 22.3. The Hall–Kier alpha value is -1.39. The maximum Gasteiger partial charge on any atom is 0.416 e. The number of hydrogen-bond acceptors (Lipinski definition) is 6. The van der Waals surface area contributed by atoms with Crippen LogP contribution in [0.5, 0.6) is 0 Å². The molecule has 1 aliphatic heterocycles. The largest absolute Gasteiger partial charge is 0.416 e. The molecule has 0 bridgehead atoms. The van der Waals surface area contributed by atoms with Crippen molar-refractivity contribution in [1.29, 1.82) is 0 Å². The van der Waals surface area contributed by atoms with Crippen molar-refractivity contribution < 1.29 is 18.3 Å². The first-order valence-electron chi connectivity index (χ1n) is 8.67. The number of piperazine rings is 1. The summed E-state index contributed by atoms with van der Waals surface area (Å²) in [7, 11) is 0. The topological polar surface area (TPSA) is 65.4 Å². The molecule has 0 aliphatic carbocycles. The van der Waals surface area contributed by atoms with Crippen molar-refractivity contribution in [3.63, 3.8) is 0 Å². The molecule has 29 heavy (non-hydrogen) atoms. The van der Waals surface area contributed by atoms with Gasteiger partial charge in [-0.25, -0.2) is 4.98 Å². The molecule has 1 aromatic heterocycles. The van der Waals surface area contributed by atoms with Crippen molar-refractivity contribution in [2.24, 2.45) is 0 Å². The lowest BCUT2D eigenvalue weighted by Crippen LogP contribution is -2.48. The summed E-state index contributed by atoms with van der Waals surface area (Å²) in [6.07, 6.45) is -4.51. The second-order valence-corrected chi connectivity index (χ2v) is 8.69. The zero-order valence-electron chi connectivity index (χ0n) is 15.0. The van der Waals surface area contributed by atoms with E-state index in [0.717, 1.165) is 12.1 Å². The number of alkyl halides is 6. The molecule has 12 heteroatoms. The van der Waals surface area contributed by atoms with E-state index in [-0.39, 0.29) is 29.8 Å². The molecule has 2 heterocycles. The number of aliphatic hydroxyl groups excluding tert-OH is 1. The van der Waals surface area contributed by atoms with Gasteiger partial charge >= 0.3 is 6.18 Å². The van der Waals surface area contributed by atoms with Crippen molar-refractivity contribution >= 4 is 40.8 Å². The van der Waals surface area contributed by atoms with Crippen molar-refractivity contribution in [2.75, 3.05) is 44.2 Å². The van der Waals surface area contributed by atoms with Gasteiger partial charge in [0.1, 0.15) is 0 Å². The first-order valence-corrected chi connectivity index (χ1v) is 9.80. The minimum atomic E-state index is -4.51. The molecular formula is C17H17Cl3F3N5O. The van der Waals surface area contributed by atoms with E-state index in [9.17, 15) is 13.2 Å². The van der Waals surface area contributed by atoms with E-state index in [4.69, 9.17) is 39.9 Å². The number of halogens is 6. The Labute approximate surface area is 180 Å². The summed E-state index contributed by atoms with van der Waals surface area (Å²) in [6.45, 7) is 3.03. The van der Waals surface area contributed by atoms with Gasteiger partial charge in [0.15, 0.2) is 11.6 Å². The molecule has 0 spiro atoms. The van der Waals surface area contributed by atoms with Gasteiger partial charge in [-0.15, -0.1) is 0 Å².